The Kier molecular flexibility index (Phi) is 5.07. The van der Waals surface area contributed by atoms with Gasteiger partial charge in [0.2, 0.25) is 5.82 Å². The Morgan fingerprint density at radius 2 is 1.93 bits per heavy atom. The molecule has 142 valence electrons. The molecular weight excluding hydrogens is 361 g/mol. The monoisotopic (exact) mass is 378 g/mol. The Hall–Kier alpha value is -3.03. The Labute approximate surface area is 153 Å². The standard InChI is InChI=1S/C19H17F3N2O3/c1-3-24-9-11(5-10-6-13(20)16(21)17(22)18(10)25)12-8-23-14(7-15(12)24)19(26)27-4-2/h6-9,25H,3-5H2,1-2H3. The lowest BCUT2D eigenvalue weighted by molar-refractivity contribution is 0.0519. The Bertz CT molecular complexity index is 1030. The smallest absolute Gasteiger partial charge is 0.356 e. The third-order valence-electron chi connectivity index (χ3n) is 4.27. The number of phenolic OH excluding ortho intramolecular Hbond substituents is 1. The molecule has 5 nitrogen and oxygen atoms in total. The number of rotatable bonds is 5. The van der Waals surface area contributed by atoms with Crippen LogP contribution < -0.4 is 0 Å². The van der Waals surface area contributed by atoms with Crippen LogP contribution in [-0.2, 0) is 17.7 Å². The SMILES string of the molecule is CCOC(=O)c1cc2c(cn1)c(Cc1cc(F)c(F)c(F)c1O)cn2CC. The van der Waals surface area contributed by atoms with Crippen molar-refractivity contribution in [3.8, 4) is 5.75 Å². The second-order valence-corrected chi connectivity index (χ2v) is 5.92. The zero-order chi connectivity index (χ0) is 19.7. The van der Waals surface area contributed by atoms with Crippen molar-refractivity contribution in [3.63, 3.8) is 0 Å². The summed E-state index contributed by atoms with van der Waals surface area (Å²) in [4.78, 5) is 16.0. The molecule has 1 aromatic carbocycles. The van der Waals surface area contributed by atoms with E-state index in [-0.39, 0.29) is 24.3 Å². The topological polar surface area (TPSA) is 64.3 Å². The molecule has 0 fully saturated rings. The van der Waals surface area contributed by atoms with E-state index >= 15 is 0 Å². The zero-order valence-electron chi connectivity index (χ0n) is 14.7. The molecule has 2 heterocycles. The third-order valence-corrected chi connectivity index (χ3v) is 4.27. The molecule has 0 aliphatic carbocycles. The minimum absolute atomic E-state index is 0.0378. The van der Waals surface area contributed by atoms with Gasteiger partial charge in [0.1, 0.15) is 5.69 Å². The molecular formula is C19H17F3N2O3. The van der Waals surface area contributed by atoms with Crippen LogP contribution in [0.3, 0.4) is 0 Å². The van der Waals surface area contributed by atoms with Gasteiger partial charge in [-0.15, -0.1) is 0 Å². The van der Waals surface area contributed by atoms with Crippen LogP contribution in [0, 0.1) is 17.5 Å². The van der Waals surface area contributed by atoms with Crippen LogP contribution in [-0.4, -0.2) is 27.2 Å². The molecule has 0 amide bonds. The van der Waals surface area contributed by atoms with Crippen LogP contribution in [0.15, 0.2) is 24.5 Å². The number of pyridine rings is 1. The normalized spacial score (nSPS) is 11.1. The first-order chi connectivity index (χ1) is 12.9. The lowest BCUT2D eigenvalue weighted by Gasteiger charge is -2.07. The maximum atomic E-state index is 13.6. The van der Waals surface area contributed by atoms with E-state index in [1.54, 1.807) is 19.2 Å². The van der Waals surface area contributed by atoms with Gasteiger partial charge in [-0.25, -0.2) is 18.6 Å². The van der Waals surface area contributed by atoms with Crippen molar-refractivity contribution >= 4 is 16.9 Å². The van der Waals surface area contributed by atoms with E-state index in [0.29, 0.717) is 23.0 Å². The molecule has 0 aliphatic heterocycles. The van der Waals surface area contributed by atoms with Crippen LogP contribution in [0.25, 0.3) is 10.9 Å². The molecule has 0 saturated carbocycles. The van der Waals surface area contributed by atoms with Gasteiger partial charge < -0.3 is 14.4 Å². The van der Waals surface area contributed by atoms with E-state index < -0.39 is 29.2 Å². The van der Waals surface area contributed by atoms with Crippen molar-refractivity contribution < 1.29 is 27.8 Å². The predicted molar refractivity (Wildman–Crippen MR) is 92.2 cm³/mol. The van der Waals surface area contributed by atoms with E-state index in [2.05, 4.69) is 4.98 Å². The molecule has 27 heavy (non-hydrogen) atoms. The fourth-order valence-electron chi connectivity index (χ4n) is 2.95. The van der Waals surface area contributed by atoms with Crippen molar-refractivity contribution in [2.45, 2.75) is 26.8 Å². The first kappa shape index (κ1) is 18.8. The molecule has 0 aliphatic rings. The Morgan fingerprint density at radius 1 is 1.19 bits per heavy atom. The molecule has 0 atom stereocenters. The summed E-state index contributed by atoms with van der Waals surface area (Å²) in [5, 5.41) is 10.5. The second kappa shape index (κ2) is 7.30. The summed E-state index contributed by atoms with van der Waals surface area (Å²) >= 11 is 0. The van der Waals surface area contributed by atoms with Crippen molar-refractivity contribution in [3.05, 3.63) is 58.8 Å². The summed E-state index contributed by atoms with van der Waals surface area (Å²) in [5.74, 6) is -6.19. The lowest BCUT2D eigenvalue weighted by Crippen LogP contribution is -2.07. The highest BCUT2D eigenvalue weighted by atomic mass is 19.2. The van der Waals surface area contributed by atoms with Crippen molar-refractivity contribution in [2.75, 3.05) is 6.61 Å². The number of carbonyl (C=O) groups is 1. The number of nitrogens with zero attached hydrogens (tertiary/aromatic N) is 2. The van der Waals surface area contributed by atoms with E-state index in [4.69, 9.17) is 4.74 Å². The highest BCUT2D eigenvalue weighted by molar-refractivity contribution is 5.93. The van der Waals surface area contributed by atoms with E-state index in [0.717, 1.165) is 6.07 Å². The van der Waals surface area contributed by atoms with Gasteiger partial charge in [0.25, 0.3) is 0 Å². The number of benzene rings is 1. The number of esters is 1. The van der Waals surface area contributed by atoms with Gasteiger partial charge in [-0.3, -0.25) is 0 Å². The fraction of sp³-hybridized carbons (Fsp3) is 0.263. The fourth-order valence-corrected chi connectivity index (χ4v) is 2.95. The maximum absolute atomic E-state index is 13.6. The van der Waals surface area contributed by atoms with Gasteiger partial charge >= 0.3 is 5.97 Å². The number of ether oxygens (including phenoxy) is 1. The lowest BCUT2D eigenvalue weighted by atomic mass is 10.0. The van der Waals surface area contributed by atoms with Crippen LogP contribution in [0.4, 0.5) is 13.2 Å². The average molecular weight is 378 g/mol. The molecule has 3 rings (SSSR count). The van der Waals surface area contributed by atoms with Crippen molar-refractivity contribution in [2.24, 2.45) is 0 Å². The van der Waals surface area contributed by atoms with Gasteiger partial charge in [-0.1, -0.05) is 0 Å². The summed E-state index contributed by atoms with van der Waals surface area (Å²) in [6.45, 7) is 4.37. The number of fused-ring (bicyclic) bond motifs is 1. The van der Waals surface area contributed by atoms with Crippen LogP contribution in [0.2, 0.25) is 0 Å². The number of aryl methyl sites for hydroxylation is 1. The Balaban J connectivity index is 2.07. The molecule has 2 aromatic heterocycles. The molecule has 8 heteroatoms. The molecule has 0 spiro atoms. The van der Waals surface area contributed by atoms with Gasteiger partial charge in [0, 0.05) is 36.3 Å². The second-order valence-electron chi connectivity index (χ2n) is 5.92. The van der Waals surface area contributed by atoms with Crippen molar-refractivity contribution in [1.29, 1.82) is 0 Å². The van der Waals surface area contributed by atoms with Crippen molar-refractivity contribution in [1.82, 2.24) is 9.55 Å². The number of aromatic hydroxyl groups is 1. The highest BCUT2D eigenvalue weighted by Gasteiger charge is 2.20. The number of hydrogen-bond acceptors (Lipinski definition) is 4. The third kappa shape index (κ3) is 3.34. The van der Waals surface area contributed by atoms with Crippen LogP contribution in [0.1, 0.15) is 35.5 Å². The molecule has 0 radical (unpaired) electrons. The molecule has 1 N–H and O–H groups in total. The predicted octanol–water partition coefficient (Wildman–Crippen LogP) is 3.95. The molecule has 0 saturated heterocycles. The first-order valence-electron chi connectivity index (χ1n) is 8.37. The summed E-state index contributed by atoms with van der Waals surface area (Å²) in [6, 6.07) is 2.34. The number of carbonyl (C=O) groups excluding carboxylic acids is 1. The highest BCUT2D eigenvalue weighted by Crippen LogP contribution is 2.31. The molecule has 3 aromatic rings. The van der Waals surface area contributed by atoms with Gasteiger partial charge in [-0.2, -0.15) is 4.39 Å². The van der Waals surface area contributed by atoms with Gasteiger partial charge in [0.05, 0.1) is 12.1 Å². The van der Waals surface area contributed by atoms with Gasteiger partial charge in [0.15, 0.2) is 17.4 Å². The maximum Gasteiger partial charge on any atom is 0.356 e. The zero-order valence-corrected chi connectivity index (χ0v) is 14.7. The summed E-state index contributed by atoms with van der Waals surface area (Å²) in [5.41, 5.74) is 1.37. The minimum atomic E-state index is -1.71. The summed E-state index contributed by atoms with van der Waals surface area (Å²) < 4.78 is 47.2. The summed E-state index contributed by atoms with van der Waals surface area (Å²) in [7, 11) is 0. The number of phenols is 1. The largest absolute Gasteiger partial charge is 0.505 e. The van der Waals surface area contributed by atoms with Crippen LogP contribution in [0.5, 0.6) is 5.75 Å². The quantitative estimate of drug-likeness (QED) is 0.539. The summed E-state index contributed by atoms with van der Waals surface area (Å²) in [6.07, 6.45) is 3.17. The number of halogens is 3. The first-order valence-corrected chi connectivity index (χ1v) is 8.37. The Morgan fingerprint density at radius 3 is 2.59 bits per heavy atom. The van der Waals surface area contributed by atoms with E-state index in [9.17, 15) is 23.1 Å². The molecule has 0 bridgehead atoms. The molecule has 0 unspecified atom stereocenters. The number of hydrogen-bond donors (Lipinski definition) is 1. The van der Waals surface area contributed by atoms with E-state index in [1.165, 1.54) is 6.20 Å². The van der Waals surface area contributed by atoms with Gasteiger partial charge in [-0.05, 0) is 31.5 Å². The number of aromatic nitrogens is 2. The van der Waals surface area contributed by atoms with E-state index in [1.807, 2.05) is 11.5 Å². The average Bonchev–Trinajstić information content (AvgIpc) is 3.01. The van der Waals surface area contributed by atoms with Crippen LogP contribution >= 0.6 is 0 Å². The minimum Gasteiger partial charge on any atom is -0.505 e.